The van der Waals surface area contributed by atoms with E-state index in [1.54, 1.807) is 7.11 Å². The fourth-order valence-electron chi connectivity index (χ4n) is 2.74. The van der Waals surface area contributed by atoms with Crippen LogP contribution in [0.3, 0.4) is 0 Å². The predicted molar refractivity (Wildman–Crippen MR) is 106 cm³/mol. The van der Waals surface area contributed by atoms with Crippen LogP contribution in [0.4, 0.5) is 0 Å². The maximum atomic E-state index is 5.92. The maximum absolute atomic E-state index is 5.92. The summed E-state index contributed by atoms with van der Waals surface area (Å²) in [5.41, 5.74) is 2.93. The second-order valence-corrected chi connectivity index (χ2v) is 6.87. The lowest BCUT2D eigenvalue weighted by Crippen LogP contribution is -2.29. The molecule has 3 aromatic rings. The van der Waals surface area contributed by atoms with E-state index in [1.165, 1.54) is 0 Å². The van der Waals surface area contributed by atoms with E-state index in [2.05, 4.69) is 20.9 Å². The van der Waals surface area contributed by atoms with E-state index >= 15 is 0 Å². The van der Waals surface area contributed by atoms with Gasteiger partial charge in [0.2, 0.25) is 11.7 Å². The molecule has 0 saturated carbocycles. The Kier molecular flexibility index (Phi) is 5.05. The Balaban J connectivity index is 0.000000948. The van der Waals surface area contributed by atoms with Crippen molar-refractivity contribution < 1.29 is 14.2 Å². The summed E-state index contributed by atoms with van der Waals surface area (Å²) in [6, 6.07) is 11.6. The largest absolute Gasteiger partial charge is 0.479 e. The summed E-state index contributed by atoms with van der Waals surface area (Å²) in [6.45, 7) is 7.73. The second kappa shape index (κ2) is 7.11. The summed E-state index contributed by atoms with van der Waals surface area (Å²) in [5, 5.41) is 0. The molecule has 1 aromatic heterocycles. The highest BCUT2D eigenvalue weighted by atomic mass is 79.9. The van der Waals surface area contributed by atoms with Gasteiger partial charge in [0.05, 0.1) is 12.6 Å². The van der Waals surface area contributed by atoms with Gasteiger partial charge < -0.3 is 14.2 Å². The lowest BCUT2D eigenvalue weighted by atomic mass is 10.1. The van der Waals surface area contributed by atoms with Crippen LogP contribution in [0.2, 0.25) is 0 Å². The number of aromatic nitrogens is 2. The number of ether oxygens (including phenoxy) is 3. The molecule has 6 heteroatoms. The minimum atomic E-state index is -0.714. The number of methoxy groups -OCH3 is 1. The zero-order valence-corrected chi connectivity index (χ0v) is 17.0. The third-order valence-electron chi connectivity index (χ3n) is 3.72. The van der Waals surface area contributed by atoms with Gasteiger partial charge in [-0.15, -0.1) is 0 Å². The van der Waals surface area contributed by atoms with Gasteiger partial charge in [-0.2, -0.15) is 0 Å². The number of rotatable bonds is 2. The molecule has 0 unspecified atom stereocenters. The molecule has 0 N–H and O–H groups in total. The molecule has 1 aliphatic rings. The van der Waals surface area contributed by atoms with E-state index in [0.29, 0.717) is 34.1 Å². The molecular weight excluding hydrogens is 396 g/mol. The quantitative estimate of drug-likeness (QED) is 0.543. The number of hydrogen-bond acceptors (Lipinski definition) is 5. The van der Waals surface area contributed by atoms with Crippen LogP contribution in [0.1, 0.15) is 27.7 Å². The average Bonchev–Trinajstić information content (AvgIpc) is 2.96. The van der Waals surface area contributed by atoms with Crippen LogP contribution in [-0.4, -0.2) is 22.9 Å². The highest BCUT2D eigenvalue weighted by Crippen LogP contribution is 2.44. The van der Waals surface area contributed by atoms with E-state index in [4.69, 9.17) is 19.2 Å². The van der Waals surface area contributed by atoms with Crippen LogP contribution in [0.25, 0.3) is 22.3 Å². The second-order valence-electron chi connectivity index (χ2n) is 5.96. The van der Waals surface area contributed by atoms with Gasteiger partial charge in [-0.25, -0.2) is 9.97 Å². The first kappa shape index (κ1) is 18.5. The van der Waals surface area contributed by atoms with Crippen LogP contribution in [-0.2, 0) is 0 Å². The smallest absolute Gasteiger partial charge is 0.246 e. The van der Waals surface area contributed by atoms with E-state index < -0.39 is 5.79 Å². The third kappa shape index (κ3) is 3.33. The van der Waals surface area contributed by atoms with Gasteiger partial charge in [0.1, 0.15) is 11.2 Å². The zero-order valence-electron chi connectivity index (χ0n) is 15.5. The lowest BCUT2D eigenvalue weighted by Gasteiger charge is -2.16. The zero-order chi connectivity index (χ0) is 18.9. The van der Waals surface area contributed by atoms with Crippen molar-refractivity contribution >= 4 is 27.0 Å². The van der Waals surface area contributed by atoms with Gasteiger partial charge >= 0.3 is 0 Å². The number of benzene rings is 2. The Morgan fingerprint density at radius 3 is 2.50 bits per heavy atom. The standard InChI is InChI=1S/C18H15BrN2O3.C2H6/c1-18(2)23-13-8-7-12-15(16(13)24-18)21-14(17(20-12)22-3)10-5-4-6-11(19)9-10;1-2/h4-9H,1-3H3;1-2H3. The van der Waals surface area contributed by atoms with Gasteiger partial charge in [0.15, 0.2) is 11.5 Å². The fourth-order valence-corrected chi connectivity index (χ4v) is 3.14. The Hall–Kier alpha value is -2.34. The predicted octanol–water partition coefficient (Wildman–Crippen LogP) is 5.60. The lowest BCUT2D eigenvalue weighted by molar-refractivity contribution is -0.0426. The molecule has 1 aliphatic heterocycles. The highest BCUT2D eigenvalue weighted by Gasteiger charge is 2.34. The van der Waals surface area contributed by atoms with Crippen molar-refractivity contribution in [2.45, 2.75) is 33.5 Å². The minimum Gasteiger partial charge on any atom is -0.479 e. The van der Waals surface area contributed by atoms with E-state index in [1.807, 2.05) is 64.1 Å². The molecule has 0 fully saturated rings. The van der Waals surface area contributed by atoms with Crippen LogP contribution in [0, 0.1) is 0 Å². The number of hydrogen-bond donors (Lipinski definition) is 0. The molecule has 26 heavy (non-hydrogen) atoms. The molecule has 0 bridgehead atoms. The molecule has 136 valence electrons. The molecule has 4 rings (SSSR count). The SMILES string of the molecule is CC.COc1nc2ccc3c(c2nc1-c1cccc(Br)c1)OC(C)(C)O3. The van der Waals surface area contributed by atoms with Crippen LogP contribution in [0.5, 0.6) is 17.4 Å². The van der Waals surface area contributed by atoms with Crippen LogP contribution >= 0.6 is 15.9 Å². The van der Waals surface area contributed by atoms with E-state index in [0.717, 1.165) is 10.0 Å². The Labute approximate surface area is 161 Å². The van der Waals surface area contributed by atoms with Gasteiger partial charge in [-0.1, -0.05) is 41.9 Å². The highest BCUT2D eigenvalue weighted by molar-refractivity contribution is 9.10. The van der Waals surface area contributed by atoms with Crippen molar-refractivity contribution in [3.05, 3.63) is 40.9 Å². The summed E-state index contributed by atoms with van der Waals surface area (Å²) in [7, 11) is 1.59. The number of fused-ring (bicyclic) bond motifs is 3. The van der Waals surface area contributed by atoms with Crippen LogP contribution in [0.15, 0.2) is 40.9 Å². The molecule has 0 atom stereocenters. The monoisotopic (exact) mass is 416 g/mol. The molecule has 2 aromatic carbocycles. The van der Waals surface area contributed by atoms with Gasteiger partial charge in [0, 0.05) is 23.9 Å². The first-order valence-corrected chi connectivity index (χ1v) is 9.29. The van der Waals surface area contributed by atoms with E-state index in [-0.39, 0.29) is 0 Å². The topological polar surface area (TPSA) is 53.5 Å². The molecule has 0 spiro atoms. The minimum absolute atomic E-state index is 0.471. The summed E-state index contributed by atoms with van der Waals surface area (Å²) in [6.07, 6.45) is 0. The van der Waals surface area contributed by atoms with E-state index in [9.17, 15) is 0 Å². The Morgan fingerprint density at radius 1 is 1.04 bits per heavy atom. The summed E-state index contributed by atoms with van der Waals surface area (Å²) in [4.78, 5) is 9.37. The van der Waals surface area contributed by atoms with Gasteiger partial charge in [-0.05, 0) is 24.3 Å². The first-order chi connectivity index (χ1) is 12.5. The van der Waals surface area contributed by atoms with Gasteiger partial charge in [0.25, 0.3) is 0 Å². The number of halogens is 1. The number of nitrogens with zero attached hydrogens (tertiary/aromatic N) is 2. The summed E-state index contributed by atoms with van der Waals surface area (Å²) >= 11 is 3.49. The van der Waals surface area contributed by atoms with Crippen molar-refractivity contribution in [2.24, 2.45) is 0 Å². The molecule has 0 radical (unpaired) electrons. The molecule has 0 aliphatic carbocycles. The molecule has 5 nitrogen and oxygen atoms in total. The molecular formula is C20H21BrN2O3. The maximum Gasteiger partial charge on any atom is 0.246 e. The van der Waals surface area contributed by atoms with Crippen molar-refractivity contribution in [3.8, 4) is 28.6 Å². The third-order valence-corrected chi connectivity index (χ3v) is 4.21. The van der Waals surface area contributed by atoms with Crippen LogP contribution < -0.4 is 14.2 Å². The molecule has 2 heterocycles. The fraction of sp³-hybridized carbons (Fsp3) is 0.300. The van der Waals surface area contributed by atoms with Crippen molar-refractivity contribution in [1.29, 1.82) is 0 Å². The summed E-state index contributed by atoms with van der Waals surface area (Å²) in [5.74, 6) is 1.04. The molecule has 0 amide bonds. The first-order valence-electron chi connectivity index (χ1n) is 8.49. The normalized spacial score (nSPS) is 13.9. The molecule has 0 saturated heterocycles. The van der Waals surface area contributed by atoms with Gasteiger partial charge in [-0.3, -0.25) is 0 Å². The average molecular weight is 417 g/mol. The Bertz CT molecular complexity index is 957. The Morgan fingerprint density at radius 2 is 1.81 bits per heavy atom. The van der Waals surface area contributed by atoms with Crippen molar-refractivity contribution in [2.75, 3.05) is 7.11 Å². The van der Waals surface area contributed by atoms with Crippen molar-refractivity contribution in [3.63, 3.8) is 0 Å². The summed E-state index contributed by atoms with van der Waals surface area (Å²) < 4.78 is 18.1. The van der Waals surface area contributed by atoms with Crippen molar-refractivity contribution in [1.82, 2.24) is 9.97 Å².